The van der Waals surface area contributed by atoms with E-state index in [1.165, 1.54) is 50.0 Å². The molecule has 0 unspecified atom stereocenters. The first-order valence-corrected chi connectivity index (χ1v) is 13.4. The molecule has 3 rings (SSSR count). The van der Waals surface area contributed by atoms with Gasteiger partial charge in [0.2, 0.25) is 0 Å². The summed E-state index contributed by atoms with van der Waals surface area (Å²) in [5.74, 6) is 7.19. The highest BCUT2D eigenvalue weighted by molar-refractivity contribution is 5.49. The third-order valence-corrected chi connectivity index (χ3v) is 7.45. The summed E-state index contributed by atoms with van der Waals surface area (Å²) in [5, 5.41) is 21.3. The van der Waals surface area contributed by atoms with E-state index in [9.17, 15) is 10.2 Å². The zero-order valence-corrected chi connectivity index (χ0v) is 21.7. The number of benzene rings is 1. The first-order chi connectivity index (χ1) is 16.5. The topological polar surface area (TPSA) is 52.9 Å². The molecule has 0 amide bonds. The number of rotatable bonds is 13. The average Bonchev–Trinajstić information content (AvgIpc) is 3.33. The number of para-hydroxylation sites is 1. The molecule has 2 N–H and O–H groups in total. The Morgan fingerprint density at radius 2 is 1.94 bits per heavy atom. The summed E-state index contributed by atoms with van der Waals surface area (Å²) in [5.41, 5.74) is 2.53. The van der Waals surface area contributed by atoms with Crippen molar-refractivity contribution in [3.8, 4) is 17.6 Å². The predicted molar refractivity (Wildman–Crippen MR) is 140 cm³/mol. The van der Waals surface area contributed by atoms with E-state index < -0.39 is 12.2 Å². The van der Waals surface area contributed by atoms with Crippen LogP contribution in [-0.4, -0.2) is 53.1 Å². The smallest absolute Gasteiger partial charge is 0.126 e. The Kier molecular flexibility index (Phi) is 10.5. The van der Waals surface area contributed by atoms with E-state index in [0.717, 1.165) is 18.6 Å². The summed E-state index contributed by atoms with van der Waals surface area (Å²) < 4.78 is 6.44. The molecule has 1 aliphatic carbocycles. The Bertz CT molecular complexity index is 848. The third kappa shape index (κ3) is 6.66. The van der Waals surface area contributed by atoms with E-state index in [-0.39, 0.29) is 23.9 Å². The Morgan fingerprint density at radius 3 is 2.65 bits per heavy atom. The number of aliphatic hydroxyl groups is 2. The largest absolute Gasteiger partial charge is 0.489 e. The van der Waals surface area contributed by atoms with Crippen LogP contribution in [0.5, 0.6) is 5.75 Å². The molecule has 4 heteroatoms. The Labute approximate surface area is 207 Å². The number of ether oxygens (including phenoxy) is 1. The number of nitrogens with zero attached hydrogens (tertiary/aromatic N) is 1. The van der Waals surface area contributed by atoms with Gasteiger partial charge in [-0.1, -0.05) is 51.1 Å². The SMILES string of the molecule is CC#CC[C@@H](C)[C@H](O)C=C[C@@H]1[C@H]2c3cccc(CCCCN(CCC)CCC)c3O[C@H]2C[C@H]1O. The lowest BCUT2D eigenvalue weighted by molar-refractivity contribution is 0.134. The zero-order chi connectivity index (χ0) is 24.5. The summed E-state index contributed by atoms with van der Waals surface area (Å²) in [4.78, 5) is 2.58. The van der Waals surface area contributed by atoms with Gasteiger partial charge in [-0.3, -0.25) is 0 Å². The number of hydrogen-bond donors (Lipinski definition) is 2. The first-order valence-electron chi connectivity index (χ1n) is 13.4. The minimum absolute atomic E-state index is 0.0194. The number of aliphatic hydroxyl groups excluding tert-OH is 2. The molecule has 1 aliphatic heterocycles. The molecule has 1 fully saturated rings. The highest BCUT2D eigenvalue weighted by atomic mass is 16.5. The molecule has 34 heavy (non-hydrogen) atoms. The molecule has 1 aromatic carbocycles. The van der Waals surface area contributed by atoms with E-state index in [0.29, 0.717) is 12.8 Å². The highest BCUT2D eigenvalue weighted by Crippen LogP contribution is 2.52. The summed E-state index contributed by atoms with van der Waals surface area (Å²) in [6, 6.07) is 6.52. The fourth-order valence-corrected chi connectivity index (χ4v) is 5.60. The van der Waals surface area contributed by atoms with Crippen LogP contribution in [0.25, 0.3) is 0 Å². The van der Waals surface area contributed by atoms with Crippen molar-refractivity contribution in [2.75, 3.05) is 19.6 Å². The summed E-state index contributed by atoms with van der Waals surface area (Å²) in [6.45, 7) is 11.9. The molecular formula is C30H45NO3. The molecule has 1 heterocycles. The second-order valence-electron chi connectivity index (χ2n) is 10.2. The maximum absolute atomic E-state index is 10.8. The maximum Gasteiger partial charge on any atom is 0.126 e. The van der Waals surface area contributed by atoms with Crippen molar-refractivity contribution in [2.45, 2.75) is 96.9 Å². The van der Waals surface area contributed by atoms with Crippen molar-refractivity contribution in [2.24, 2.45) is 11.8 Å². The van der Waals surface area contributed by atoms with Crippen molar-refractivity contribution in [1.29, 1.82) is 0 Å². The fourth-order valence-electron chi connectivity index (χ4n) is 5.60. The van der Waals surface area contributed by atoms with E-state index in [4.69, 9.17) is 4.74 Å². The van der Waals surface area contributed by atoms with Crippen LogP contribution in [-0.2, 0) is 6.42 Å². The van der Waals surface area contributed by atoms with Crippen molar-refractivity contribution in [3.05, 3.63) is 41.5 Å². The van der Waals surface area contributed by atoms with Crippen molar-refractivity contribution >= 4 is 0 Å². The molecule has 1 saturated carbocycles. The van der Waals surface area contributed by atoms with Crippen LogP contribution >= 0.6 is 0 Å². The molecule has 0 aromatic heterocycles. The van der Waals surface area contributed by atoms with Crippen LogP contribution < -0.4 is 4.74 Å². The minimum Gasteiger partial charge on any atom is -0.489 e. The van der Waals surface area contributed by atoms with E-state index >= 15 is 0 Å². The molecule has 1 aromatic rings. The van der Waals surface area contributed by atoms with E-state index in [1.54, 1.807) is 0 Å². The third-order valence-electron chi connectivity index (χ3n) is 7.45. The van der Waals surface area contributed by atoms with Gasteiger partial charge in [-0.05, 0) is 70.1 Å². The van der Waals surface area contributed by atoms with E-state index in [2.05, 4.69) is 48.8 Å². The van der Waals surface area contributed by atoms with Crippen molar-refractivity contribution in [3.63, 3.8) is 0 Å². The summed E-state index contributed by atoms with van der Waals surface area (Å²) in [6.07, 6.45) is 10.1. The lowest BCUT2D eigenvalue weighted by atomic mass is 9.86. The molecule has 6 atom stereocenters. The van der Waals surface area contributed by atoms with Crippen LogP contribution in [0.1, 0.15) is 83.3 Å². The molecule has 188 valence electrons. The van der Waals surface area contributed by atoms with Gasteiger partial charge in [-0.15, -0.1) is 11.8 Å². The van der Waals surface area contributed by atoms with Gasteiger partial charge in [0.15, 0.2) is 0 Å². The Morgan fingerprint density at radius 1 is 1.18 bits per heavy atom. The van der Waals surface area contributed by atoms with Gasteiger partial charge in [-0.25, -0.2) is 0 Å². The first kappa shape index (κ1) is 26.8. The van der Waals surface area contributed by atoms with Crippen molar-refractivity contribution < 1.29 is 14.9 Å². The molecule has 2 aliphatic rings. The van der Waals surface area contributed by atoms with Crippen LogP contribution in [0.15, 0.2) is 30.4 Å². The summed E-state index contributed by atoms with van der Waals surface area (Å²) in [7, 11) is 0. The van der Waals surface area contributed by atoms with Gasteiger partial charge in [0, 0.05) is 30.2 Å². The fraction of sp³-hybridized carbons (Fsp3) is 0.667. The van der Waals surface area contributed by atoms with Gasteiger partial charge in [0.1, 0.15) is 11.9 Å². The Hall–Kier alpha value is -1.80. The van der Waals surface area contributed by atoms with E-state index in [1.807, 2.05) is 26.0 Å². The number of fused-ring (bicyclic) bond motifs is 3. The molecular weight excluding hydrogens is 422 g/mol. The van der Waals surface area contributed by atoms with Crippen LogP contribution in [0.2, 0.25) is 0 Å². The second kappa shape index (κ2) is 13.3. The number of hydrogen-bond acceptors (Lipinski definition) is 4. The van der Waals surface area contributed by atoms with Gasteiger partial charge in [0.05, 0.1) is 12.2 Å². The van der Waals surface area contributed by atoms with Gasteiger partial charge in [-0.2, -0.15) is 0 Å². The normalized spacial score (nSPS) is 25.0. The summed E-state index contributed by atoms with van der Waals surface area (Å²) >= 11 is 0. The number of aryl methyl sites for hydroxylation is 1. The predicted octanol–water partition coefficient (Wildman–Crippen LogP) is 5.32. The monoisotopic (exact) mass is 467 g/mol. The second-order valence-corrected chi connectivity index (χ2v) is 10.2. The number of unbranched alkanes of at least 4 members (excludes halogenated alkanes) is 1. The van der Waals surface area contributed by atoms with Crippen LogP contribution in [0, 0.1) is 23.7 Å². The van der Waals surface area contributed by atoms with Crippen molar-refractivity contribution in [1.82, 2.24) is 4.90 Å². The maximum atomic E-state index is 10.8. The zero-order valence-electron chi connectivity index (χ0n) is 21.7. The quantitative estimate of drug-likeness (QED) is 0.234. The highest BCUT2D eigenvalue weighted by Gasteiger charge is 2.48. The lowest BCUT2D eigenvalue weighted by Crippen LogP contribution is -2.26. The Balaban J connectivity index is 1.63. The standard InChI is InChI=1S/C30H45NO3/c1-5-8-12-22(4)26(32)17-16-24-27(33)21-28-29(24)25-15-11-14-23(30(25)34-28)13-9-10-20-31(18-6-2)19-7-3/h11,14-17,22,24,26-29,32-33H,6-7,9-10,12-13,18-21H2,1-4H3/t22-,24+,26-,27-,28+,29+/m1/s1. The molecule has 4 nitrogen and oxygen atoms in total. The minimum atomic E-state index is -0.555. The van der Waals surface area contributed by atoms with Gasteiger partial charge < -0.3 is 19.8 Å². The van der Waals surface area contributed by atoms with Gasteiger partial charge >= 0.3 is 0 Å². The molecule has 0 spiro atoms. The molecule has 0 bridgehead atoms. The van der Waals surface area contributed by atoms with Crippen LogP contribution in [0.4, 0.5) is 0 Å². The lowest BCUT2D eigenvalue weighted by Gasteiger charge is -2.21. The van der Waals surface area contributed by atoms with Gasteiger partial charge in [0.25, 0.3) is 0 Å². The molecule has 0 radical (unpaired) electrons. The van der Waals surface area contributed by atoms with Crippen LogP contribution in [0.3, 0.4) is 0 Å². The average molecular weight is 468 g/mol. The molecule has 0 saturated heterocycles.